The van der Waals surface area contributed by atoms with Crippen molar-refractivity contribution in [1.82, 2.24) is 0 Å². The van der Waals surface area contributed by atoms with Crippen LogP contribution in [0.5, 0.6) is 0 Å². The quantitative estimate of drug-likeness (QED) is 0.843. The van der Waals surface area contributed by atoms with Crippen LogP contribution in [0.1, 0.15) is 50.0 Å². The van der Waals surface area contributed by atoms with Gasteiger partial charge in [-0.15, -0.1) is 0 Å². The third-order valence-corrected chi connectivity index (χ3v) is 4.01. The molecule has 1 aliphatic carbocycles. The van der Waals surface area contributed by atoms with Crippen LogP contribution in [-0.2, 0) is 0 Å². The van der Waals surface area contributed by atoms with Crippen molar-refractivity contribution in [3.8, 4) is 0 Å². The van der Waals surface area contributed by atoms with Gasteiger partial charge < -0.3 is 5.73 Å². The Hall–Kier alpha value is -0.890. The van der Waals surface area contributed by atoms with Crippen LogP contribution in [0, 0.1) is 11.7 Å². The smallest absolute Gasteiger partial charge is 0.126 e. The number of hydrogen-bond acceptors (Lipinski definition) is 1. The Morgan fingerprint density at radius 1 is 1.12 bits per heavy atom. The van der Waals surface area contributed by atoms with Crippen molar-refractivity contribution >= 4 is 0 Å². The fraction of sp³-hybridized carbons (Fsp3) is 0.600. The molecular weight excluding hydrogens is 213 g/mol. The molecule has 0 atom stereocenters. The Morgan fingerprint density at radius 2 is 1.82 bits per heavy atom. The molecule has 94 valence electrons. The van der Waals surface area contributed by atoms with Crippen LogP contribution in [0.25, 0.3) is 0 Å². The van der Waals surface area contributed by atoms with Crippen LogP contribution in [-0.4, -0.2) is 6.54 Å². The van der Waals surface area contributed by atoms with E-state index in [1.165, 1.54) is 19.3 Å². The van der Waals surface area contributed by atoms with E-state index in [1.807, 2.05) is 12.1 Å². The van der Waals surface area contributed by atoms with E-state index >= 15 is 0 Å². The third kappa shape index (κ3) is 3.29. The van der Waals surface area contributed by atoms with Crippen LogP contribution in [0.15, 0.2) is 24.3 Å². The van der Waals surface area contributed by atoms with Gasteiger partial charge in [-0.2, -0.15) is 0 Å². The molecule has 0 aromatic heterocycles. The lowest BCUT2D eigenvalue weighted by atomic mass is 9.77. The molecule has 17 heavy (non-hydrogen) atoms. The van der Waals surface area contributed by atoms with Crippen molar-refractivity contribution < 1.29 is 4.39 Å². The van der Waals surface area contributed by atoms with Gasteiger partial charge in [-0.05, 0) is 68.5 Å². The second-order valence-corrected chi connectivity index (χ2v) is 5.17. The van der Waals surface area contributed by atoms with Gasteiger partial charge in [-0.25, -0.2) is 4.39 Å². The second-order valence-electron chi connectivity index (χ2n) is 5.17. The van der Waals surface area contributed by atoms with Crippen molar-refractivity contribution in [3.63, 3.8) is 0 Å². The van der Waals surface area contributed by atoms with Gasteiger partial charge in [0.05, 0.1) is 0 Å². The molecule has 0 aliphatic heterocycles. The van der Waals surface area contributed by atoms with Gasteiger partial charge in [0.25, 0.3) is 0 Å². The fourth-order valence-corrected chi connectivity index (χ4v) is 2.97. The fourth-order valence-electron chi connectivity index (χ4n) is 2.97. The summed E-state index contributed by atoms with van der Waals surface area (Å²) >= 11 is 0. The van der Waals surface area contributed by atoms with E-state index in [0.717, 1.165) is 37.3 Å². The van der Waals surface area contributed by atoms with Gasteiger partial charge in [0.15, 0.2) is 0 Å². The van der Waals surface area contributed by atoms with Crippen LogP contribution in [0.4, 0.5) is 4.39 Å². The van der Waals surface area contributed by atoms with Crippen molar-refractivity contribution in [2.75, 3.05) is 6.54 Å². The zero-order chi connectivity index (χ0) is 12.1. The van der Waals surface area contributed by atoms with Crippen LogP contribution in [0.2, 0.25) is 0 Å². The van der Waals surface area contributed by atoms with E-state index in [4.69, 9.17) is 5.73 Å². The summed E-state index contributed by atoms with van der Waals surface area (Å²) in [6.07, 6.45) is 7.12. The predicted octanol–water partition coefficient (Wildman–Crippen LogP) is 3.84. The van der Waals surface area contributed by atoms with Crippen molar-refractivity contribution in [2.45, 2.75) is 44.4 Å². The van der Waals surface area contributed by atoms with E-state index in [-0.39, 0.29) is 5.82 Å². The molecule has 0 unspecified atom stereocenters. The second kappa shape index (κ2) is 6.15. The Morgan fingerprint density at radius 3 is 2.47 bits per heavy atom. The minimum Gasteiger partial charge on any atom is -0.330 e. The summed E-state index contributed by atoms with van der Waals surface area (Å²) in [5, 5.41) is 0. The lowest BCUT2D eigenvalue weighted by Gasteiger charge is -2.28. The SMILES string of the molecule is NCCCC1CCC(c2ccccc2F)CC1. The van der Waals surface area contributed by atoms with Gasteiger partial charge >= 0.3 is 0 Å². The largest absolute Gasteiger partial charge is 0.330 e. The monoisotopic (exact) mass is 235 g/mol. The average Bonchev–Trinajstić information content (AvgIpc) is 2.38. The number of rotatable bonds is 4. The highest BCUT2D eigenvalue weighted by Gasteiger charge is 2.23. The molecule has 2 rings (SSSR count). The molecule has 1 aliphatic rings. The Balaban J connectivity index is 1.89. The maximum atomic E-state index is 13.7. The molecule has 1 aromatic carbocycles. The molecular formula is C15H22FN. The minimum atomic E-state index is -0.0297. The van der Waals surface area contributed by atoms with Gasteiger partial charge in [0, 0.05) is 0 Å². The summed E-state index contributed by atoms with van der Waals surface area (Å²) < 4.78 is 13.7. The summed E-state index contributed by atoms with van der Waals surface area (Å²) in [6.45, 7) is 0.799. The van der Waals surface area contributed by atoms with E-state index in [1.54, 1.807) is 12.1 Å². The first-order chi connectivity index (χ1) is 8.31. The summed E-state index contributed by atoms with van der Waals surface area (Å²) in [5.41, 5.74) is 6.46. The maximum Gasteiger partial charge on any atom is 0.126 e. The van der Waals surface area contributed by atoms with E-state index in [0.29, 0.717) is 5.92 Å². The highest BCUT2D eigenvalue weighted by Crippen LogP contribution is 2.38. The van der Waals surface area contributed by atoms with E-state index < -0.39 is 0 Å². The van der Waals surface area contributed by atoms with Gasteiger partial charge in [-0.1, -0.05) is 18.2 Å². The maximum absolute atomic E-state index is 13.7. The first kappa shape index (κ1) is 12.6. The summed E-state index contributed by atoms with van der Waals surface area (Å²) in [5.74, 6) is 1.23. The molecule has 0 radical (unpaired) electrons. The number of hydrogen-bond donors (Lipinski definition) is 1. The molecule has 2 heteroatoms. The van der Waals surface area contributed by atoms with E-state index in [2.05, 4.69) is 0 Å². The van der Waals surface area contributed by atoms with Gasteiger partial charge in [-0.3, -0.25) is 0 Å². The standard InChI is InChI=1S/C15H22FN/c16-15-6-2-1-5-14(15)13-9-7-12(8-10-13)4-3-11-17/h1-2,5-6,12-13H,3-4,7-11,17H2. The lowest BCUT2D eigenvalue weighted by molar-refractivity contribution is 0.302. The molecule has 0 bridgehead atoms. The highest BCUT2D eigenvalue weighted by molar-refractivity contribution is 5.22. The van der Waals surface area contributed by atoms with Crippen LogP contribution >= 0.6 is 0 Å². The van der Waals surface area contributed by atoms with Gasteiger partial charge in [0.2, 0.25) is 0 Å². The zero-order valence-electron chi connectivity index (χ0n) is 10.4. The topological polar surface area (TPSA) is 26.0 Å². The Bertz CT molecular complexity index is 343. The molecule has 1 nitrogen and oxygen atoms in total. The average molecular weight is 235 g/mol. The normalized spacial score (nSPS) is 24.8. The lowest BCUT2D eigenvalue weighted by Crippen LogP contribution is -2.15. The van der Waals surface area contributed by atoms with Gasteiger partial charge in [0.1, 0.15) is 5.82 Å². The molecule has 1 aromatic rings. The van der Waals surface area contributed by atoms with Crippen molar-refractivity contribution in [1.29, 1.82) is 0 Å². The Labute approximate surface area is 103 Å². The molecule has 1 fully saturated rings. The zero-order valence-corrected chi connectivity index (χ0v) is 10.4. The first-order valence-electron chi connectivity index (χ1n) is 6.75. The third-order valence-electron chi connectivity index (χ3n) is 4.01. The molecule has 0 saturated heterocycles. The highest BCUT2D eigenvalue weighted by atomic mass is 19.1. The number of halogens is 1. The van der Waals surface area contributed by atoms with E-state index in [9.17, 15) is 4.39 Å². The minimum absolute atomic E-state index is 0.0297. The molecule has 0 heterocycles. The van der Waals surface area contributed by atoms with Crippen LogP contribution < -0.4 is 5.73 Å². The van der Waals surface area contributed by atoms with Crippen molar-refractivity contribution in [3.05, 3.63) is 35.6 Å². The molecule has 0 amide bonds. The predicted molar refractivity (Wildman–Crippen MR) is 69.4 cm³/mol. The molecule has 2 N–H and O–H groups in total. The van der Waals surface area contributed by atoms with Crippen molar-refractivity contribution in [2.24, 2.45) is 11.7 Å². The summed E-state index contributed by atoms with van der Waals surface area (Å²) in [7, 11) is 0. The van der Waals surface area contributed by atoms with Crippen LogP contribution in [0.3, 0.4) is 0 Å². The number of nitrogens with two attached hydrogens (primary N) is 1. The molecule has 1 saturated carbocycles. The number of benzene rings is 1. The Kier molecular flexibility index (Phi) is 4.55. The molecule has 0 spiro atoms. The summed E-state index contributed by atoms with van der Waals surface area (Å²) in [6, 6.07) is 7.24. The first-order valence-corrected chi connectivity index (χ1v) is 6.75. The summed E-state index contributed by atoms with van der Waals surface area (Å²) in [4.78, 5) is 0.